The molecule has 1 N–H and O–H groups in total. The second-order valence-corrected chi connectivity index (χ2v) is 14.8. The van der Waals surface area contributed by atoms with Crippen LogP contribution < -0.4 is 10.2 Å². The zero-order valence-corrected chi connectivity index (χ0v) is 29.1. The van der Waals surface area contributed by atoms with Gasteiger partial charge in [0.2, 0.25) is 0 Å². The summed E-state index contributed by atoms with van der Waals surface area (Å²) in [6.07, 6.45) is 4.28. The van der Waals surface area contributed by atoms with E-state index in [9.17, 15) is 0 Å². The lowest BCUT2D eigenvalue weighted by molar-refractivity contribution is 0.871. The first-order chi connectivity index (χ1) is 25.8. The average Bonchev–Trinajstić information content (AvgIpc) is 3.76. The molecule has 0 saturated heterocycles. The van der Waals surface area contributed by atoms with E-state index in [1.165, 1.54) is 92.3 Å². The Kier molecular flexibility index (Phi) is 6.52. The predicted octanol–water partition coefficient (Wildman–Crippen LogP) is 13.7. The Bertz CT molecular complexity index is 2860. The molecule has 0 atom stereocenters. The van der Waals surface area contributed by atoms with Crippen LogP contribution in [0.4, 0.5) is 17.1 Å². The topological polar surface area (TPSA) is 15.3 Å². The molecule has 2 aliphatic rings. The first-order valence-electron chi connectivity index (χ1n) is 17.9. The molecular weight excluding hydrogens is 649 g/mol. The molecule has 8 aromatic carbocycles. The molecule has 9 aromatic rings. The third-order valence-electron chi connectivity index (χ3n) is 10.9. The highest BCUT2D eigenvalue weighted by atomic mass is 32.1. The number of nitrogens with one attached hydrogen (secondary N) is 1. The number of rotatable bonds is 5. The number of anilines is 3. The van der Waals surface area contributed by atoms with Crippen LogP contribution in [0, 0.1) is 0 Å². The number of thiophene rings is 1. The summed E-state index contributed by atoms with van der Waals surface area (Å²) in [6.45, 7) is 0.824. The normalized spacial score (nSPS) is 12.6. The Morgan fingerprint density at radius 1 is 0.462 bits per heavy atom. The van der Waals surface area contributed by atoms with E-state index in [-0.39, 0.29) is 0 Å². The van der Waals surface area contributed by atoms with Crippen LogP contribution in [0.1, 0.15) is 10.4 Å². The molecule has 0 fully saturated rings. The van der Waals surface area contributed by atoms with Gasteiger partial charge < -0.3 is 10.2 Å². The van der Waals surface area contributed by atoms with E-state index in [1.807, 2.05) is 11.3 Å². The number of benzene rings is 8. The molecule has 0 spiro atoms. The molecule has 0 unspecified atom stereocenters. The summed E-state index contributed by atoms with van der Waals surface area (Å²) in [7, 11) is 0. The number of hydrogen-bond donors (Lipinski definition) is 1. The van der Waals surface area contributed by atoms with Crippen molar-refractivity contribution in [1.29, 1.82) is 0 Å². The van der Waals surface area contributed by atoms with Crippen LogP contribution >= 0.6 is 11.3 Å². The first-order valence-corrected chi connectivity index (χ1v) is 18.7. The van der Waals surface area contributed by atoms with Crippen molar-refractivity contribution in [3.05, 3.63) is 180 Å². The predicted molar refractivity (Wildman–Crippen MR) is 223 cm³/mol. The third kappa shape index (κ3) is 4.43. The molecular formula is C49H32N2S. The second-order valence-electron chi connectivity index (χ2n) is 13.7. The van der Waals surface area contributed by atoms with E-state index in [0.29, 0.717) is 0 Å². The lowest BCUT2D eigenvalue weighted by atomic mass is 9.94. The molecule has 0 amide bonds. The summed E-state index contributed by atoms with van der Waals surface area (Å²) in [4.78, 5) is 3.77. The number of nitrogens with zero attached hydrogens (tertiary/aromatic N) is 1. The van der Waals surface area contributed by atoms with Gasteiger partial charge in [0, 0.05) is 32.9 Å². The van der Waals surface area contributed by atoms with Gasteiger partial charge >= 0.3 is 0 Å². The third-order valence-corrected chi connectivity index (χ3v) is 12.1. The minimum absolute atomic E-state index is 0.824. The van der Waals surface area contributed by atoms with Crippen molar-refractivity contribution in [3.8, 4) is 44.5 Å². The van der Waals surface area contributed by atoms with Crippen LogP contribution in [-0.2, 0) is 6.54 Å². The fourth-order valence-corrected chi connectivity index (χ4v) is 9.69. The van der Waals surface area contributed by atoms with Gasteiger partial charge in [-0.15, -0.1) is 11.3 Å². The molecule has 52 heavy (non-hydrogen) atoms. The summed E-state index contributed by atoms with van der Waals surface area (Å²) in [5.41, 5.74) is 15.1. The SMILES string of the molecule is C1=Cc2sc3cccc(N(c4ccc(-c5cccc6ccccc56)cc4)c4ccc(-c5ccc6c7c(cccc57)-c5ccccc5-6)cc4)c3c2CN1. The fourth-order valence-electron chi connectivity index (χ4n) is 8.55. The molecule has 244 valence electrons. The molecule has 1 aliphatic heterocycles. The van der Waals surface area contributed by atoms with Gasteiger partial charge in [0.1, 0.15) is 0 Å². The van der Waals surface area contributed by atoms with Gasteiger partial charge in [-0.25, -0.2) is 0 Å². The maximum atomic E-state index is 3.47. The van der Waals surface area contributed by atoms with Gasteiger partial charge in [0.25, 0.3) is 0 Å². The second kappa shape index (κ2) is 11.6. The Hall–Kier alpha value is -6.42. The molecule has 2 heterocycles. The summed E-state index contributed by atoms with van der Waals surface area (Å²) < 4.78 is 1.30. The van der Waals surface area contributed by atoms with Crippen LogP contribution in [0.15, 0.2) is 170 Å². The lowest BCUT2D eigenvalue weighted by Gasteiger charge is -2.27. The highest BCUT2D eigenvalue weighted by Gasteiger charge is 2.24. The fraction of sp³-hybridized carbons (Fsp3) is 0.0204. The maximum Gasteiger partial charge on any atom is 0.0552 e. The summed E-state index contributed by atoms with van der Waals surface area (Å²) in [5.74, 6) is 0. The number of hydrogen-bond acceptors (Lipinski definition) is 3. The van der Waals surface area contributed by atoms with Crippen molar-refractivity contribution in [2.45, 2.75) is 6.54 Å². The van der Waals surface area contributed by atoms with Crippen LogP contribution in [0.3, 0.4) is 0 Å². The minimum Gasteiger partial charge on any atom is -0.387 e. The Morgan fingerprint density at radius 2 is 1.04 bits per heavy atom. The monoisotopic (exact) mass is 680 g/mol. The van der Waals surface area contributed by atoms with Gasteiger partial charge in [-0.3, -0.25) is 0 Å². The minimum atomic E-state index is 0.824. The van der Waals surface area contributed by atoms with Gasteiger partial charge in [0.15, 0.2) is 0 Å². The summed E-state index contributed by atoms with van der Waals surface area (Å²) >= 11 is 1.87. The van der Waals surface area contributed by atoms with E-state index in [4.69, 9.17) is 0 Å². The summed E-state index contributed by atoms with van der Waals surface area (Å²) in [6, 6.07) is 60.4. The Morgan fingerprint density at radius 3 is 1.83 bits per heavy atom. The van der Waals surface area contributed by atoms with Crippen LogP contribution in [0.2, 0.25) is 0 Å². The molecule has 1 aliphatic carbocycles. The van der Waals surface area contributed by atoms with Crippen molar-refractivity contribution >= 4 is 66.1 Å². The molecule has 0 radical (unpaired) electrons. The Labute approximate surface area is 306 Å². The van der Waals surface area contributed by atoms with E-state index in [0.717, 1.165) is 17.9 Å². The van der Waals surface area contributed by atoms with Crippen LogP contribution in [0.25, 0.3) is 82.2 Å². The van der Waals surface area contributed by atoms with Gasteiger partial charge in [-0.2, -0.15) is 0 Å². The van der Waals surface area contributed by atoms with Gasteiger partial charge in [0.05, 0.1) is 5.69 Å². The largest absolute Gasteiger partial charge is 0.387 e. The van der Waals surface area contributed by atoms with Gasteiger partial charge in [-0.1, -0.05) is 127 Å². The first kappa shape index (κ1) is 29.3. The van der Waals surface area contributed by atoms with E-state index >= 15 is 0 Å². The van der Waals surface area contributed by atoms with Crippen LogP contribution in [0.5, 0.6) is 0 Å². The quantitative estimate of drug-likeness (QED) is 0.195. The van der Waals surface area contributed by atoms with Crippen molar-refractivity contribution in [2.24, 2.45) is 0 Å². The van der Waals surface area contributed by atoms with E-state index in [2.05, 4.69) is 186 Å². The highest BCUT2D eigenvalue weighted by molar-refractivity contribution is 7.20. The smallest absolute Gasteiger partial charge is 0.0552 e. The number of fused-ring (bicyclic) bond motifs is 7. The maximum absolute atomic E-state index is 3.47. The summed E-state index contributed by atoms with van der Waals surface area (Å²) in [5, 5.41) is 9.97. The molecule has 1 aromatic heterocycles. The van der Waals surface area contributed by atoms with Crippen LogP contribution in [-0.4, -0.2) is 0 Å². The molecule has 0 bridgehead atoms. The lowest BCUT2D eigenvalue weighted by Crippen LogP contribution is -2.12. The van der Waals surface area contributed by atoms with Gasteiger partial charge in [-0.05, 0) is 120 Å². The highest BCUT2D eigenvalue weighted by Crippen LogP contribution is 2.50. The van der Waals surface area contributed by atoms with E-state index in [1.54, 1.807) is 0 Å². The average molecular weight is 681 g/mol. The standard InChI is InChI=1S/C49H32N2S/c1-2-10-36-31(8-1)9-5-13-37(36)32-18-22-34(23-19-32)51(45-16-7-17-47-49(45)44-30-50-29-28-46(44)52-47)35-24-20-33(21-25-35)38-26-27-43-40-12-4-3-11-39(40)42-15-6-14-41(38)48(42)43/h1-29,50H,30H2. The van der Waals surface area contributed by atoms with Crippen molar-refractivity contribution in [2.75, 3.05) is 4.90 Å². The molecule has 3 heteroatoms. The molecule has 2 nitrogen and oxygen atoms in total. The van der Waals surface area contributed by atoms with Crippen molar-refractivity contribution < 1.29 is 0 Å². The zero-order chi connectivity index (χ0) is 34.2. The zero-order valence-electron chi connectivity index (χ0n) is 28.3. The molecule has 11 rings (SSSR count). The Balaban J connectivity index is 1.05. The van der Waals surface area contributed by atoms with Crippen molar-refractivity contribution in [1.82, 2.24) is 5.32 Å². The van der Waals surface area contributed by atoms with E-state index < -0.39 is 0 Å². The molecule has 0 saturated carbocycles. The van der Waals surface area contributed by atoms with Crippen molar-refractivity contribution in [3.63, 3.8) is 0 Å².